The minimum absolute atomic E-state index is 1.11. The van der Waals surface area contributed by atoms with Gasteiger partial charge in [0.2, 0.25) is 0 Å². The van der Waals surface area contributed by atoms with Crippen molar-refractivity contribution < 1.29 is 0 Å². The van der Waals surface area contributed by atoms with Crippen molar-refractivity contribution >= 4 is 10.8 Å². The first-order valence-electron chi connectivity index (χ1n) is 8.22. The number of hydrogen-bond donors (Lipinski definition) is 0. The van der Waals surface area contributed by atoms with Gasteiger partial charge in [0.25, 0.3) is 0 Å². The van der Waals surface area contributed by atoms with Crippen LogP contribution in [0, 0.1) is 0 Å². The molecule has 1 aromatic carbocycles. The first-order chi connectivity index (χ1) is 9.86. The summed E-state index contributed by atoms with van der Waals surface area (Å²) >= 11 is 0. The van der Waals surface area contributed by atoms with Crippen molar-refractivity contribution in [1.29, 1.82) is 0 Å². The third-order valence-electron chi connectivity index (χ3n) is 4.03. The van der Waals surface area contributed by atoms with Crippen LogP contribution in [0.25, 0.3) is 10.8 Å². The number of benzene rings is 1. The molecule has 0 N–H and O–H groups in total. The molecule has 0 radical (unpaired) electrons. The lowest BCUT2D eigenvalue weighted by molar-refractivity contribution is 0.706. The van der Waals surface area contributed by atoms with Crippen LogP contribution < -0.4 is 0 Å². The van der Waals surface area contributed by atoms with E-state index in [9.17, 15) is 0 Å². The van der Waals surface area contributed by atoms with Gasteiger partial charge in [-0.25, -0.2) is 0 Å². The molecule has 2 rings (SSSR count). The Kier molecular flexibility index (Phi) is 6.04. The molecule has 2 aromatic rings. The molecule has 1 aromatic heterocycles. The fraction of sp³-hybridized carbons (Fsp3) is 0.526. The number of hydrogen-bond acceptors (Lipinski definition) is 1. The lowest BCUT2D eigenvalue weighted by atomic mass is 9.99. The maximum Gasteiger partial charge on any atom is 0.0482 e. The van der Waals surface area contributed by atoms with E-state index in [1.807, 2.05) is 0 Å². The average Bonchev–Trinajstić information content (AvgIpc) is 2.49. The van der Waals surface area contributed by atoms with Crippen molar-refractivity contribution in [1.82, 2.24) is 4.98 Å². The van der Waals surface area contributed by atoms with E-state index in [1.165, 1.54) is 60.6 Å². The lowest BCUT2D eigenvalue weighted by Gasteiger charge is -2.10. The van der Waals surface area contributed by atoms with E-state index in [-0.39, 0.29) is 0 Å². The molecule has 0 unspecified atom stereocenters. The molecule has 0 fully saturated rings. The summed E-state index contributed by atoms with van der Waals surface area (Å²) in [6.07, 6.45) is 12.1. The van der Waals surface area contributed by atoms with Crippen LogP contribution in [0.5, 0.6) is 0 Å². The van der Waals surface area contributed by atoms with Crippen molar-refractivity contribution in [2.75, 3.05) is 0 Å². The molecule has 0 aliphatic carbocycles. The van der Waals surface area contributed by atoms with E-state index < -0.39 is 0 Å². The van der Waals surface area contributed by atoms with Crippen molar-refractivity contribution in [3.05, 3.63) is 41.7 Å². The summed E-state index contributed by atoms with van der Waals surface area (Å²) in [5.41, 5.74) is 2.71. The molecule has 1 heteroatoms. The molecule has 0 saturated carbocycles. The topological polar surface area (TPSA) is 12.9 Å². The zero-order valence-electron chi connectivity index (χ0n) is 13.0. The maximum atomic E-state index is 4.76. The Morgan fingerprint density at radius 2 is 1.45 bits per heavy atom. The zero-order chi connectivity index (χ0) is 14.2. The SMILES string of the molecule is CCCCCc1cnc(CCCCC)c2ccccc12. The highest BCUT2D eigenvalue weighted by atomic mass is 14.7. The molecular formula is C19H27N. The maximum absolute atomic E-state index is 4.76. The van der Waals surface area contributed by atoms with Crippen LogP contribution in [0.2, 0.25) is 0 Å². The van der Waals surface area contributed by atoms with E-state index >= 15 is 0 Å². The summed E-state index contributed by atoms with van der Waals surface area (Å²) in [7, 11) is 0. The molecule has 1 nitrogen and oxygen atoms in total. The Balaban J connectivity index is 2.22. The molecule has 108 valence electrons. The zero-order valence-corrected chi connectivity index (χ0v) is 13.0. The van der Waals surface area contributed by atoms with Crippen LogP contribution in [0.15, 0.2) is 30.5 Å². The average molecular weight is 269 g/mol. The van der Waals surface area contributed by atoms with Crippen molar-refractivity contribution in [3.8, 4) is 0 Å². The third-order valence-corrected chi connectivity index (χ3v) is 4.03. The van der Waals surface area contributed by atoms with E-state index in [2.05, 4.69) is 44.3 Å². The van der Waals surface area contributed by atoms with Crippen LogP contribution in [-0.4, -0.2) is 4.98 Å². The first kappa shape index (κ1) is 15.0. The van der Waals surface area contributed by atoms with Gasteiger partial charge in [-0.2, -0.15) is 0 Å². The number of rotatable bonds is 8. The molecule has 0 aliphatic heterocycles. The summed E-state index contributed by atoms with van der Waals surface area (Å²) < 4.78 is 0. The monoisotopic (exact) mass is 269 g/mol. The van der Waals surface area contributed by atoms with Crippen molar-refractivity contribution in [3.63, 3.8) is 0 Å². The highest BCUT2D eigenvalue weighted by Gasteiger charge is 2.06. The summed E-state index contributed by atoms with van der Waals surface area (Å²) in [5.74, 6) is 0. The van der Waals surface area contributed by atoms with E-state index in [0.29, 0.717) is 0 Å². The fourth-order valence-electron chi connectivity index (χ4n) is 2.82. The molecule has 0 bridgehead atoms. The van der Waals surface area contributed by atoms with Crippen LogP contribution >= 0.6 is 0 Å². The summed E-state index contributed by atoms with van der Waals surface area (Å²) in [6, 6.07) is 8.80. The van der Waals surface area contributed by atoms with Crippen LogP contribution in [0.4, 0.5) is 0 Å². The molecule has 0 atom stereocenters. The van der Waals surface area contributed by atoms with Gasteiger partial charge in [-0.05, 0) is 36.6 Å². The Morgan fingerprint density at radius 1 is 0.800 bits per heavy atom. The first-order valence-corrected chi connectivity index (χ1v) is 8.22. The van der Waals surface area contributed by atoms with E-state index in [4.69, 9.17) is 4.98 Å². The molecule has 20 heavy (non-hydrogen) atoms. The van der Waals surface area contributed by atoms with Crippen LogP contribution in [0.1, 0.15) is 63.6 Å². The minimum Gasteiger partial charge on any atom is -0.260 e. The summed E-state index contributed by atoms with van der Waals surface area (Å²) in [6.45, 7) is 4.51. The van der Waals surface area contributed by atoms with Crippen LogP contribution in [-0.2, 0) is 12.8 Å². The van der Waals surface area contributed by atoms with Gasteiger partial charge in [-0.1, -0.05) is 63.8 Å². The molecule has 0 spiro atoms. The number of pyridine rings is 1. The van der Waals surface area contributed by atoms with Gasteiger partial charge in [0, 0.05) is 17.3 Å². The van der Waals surface area contributed by atoms with Gasteiger partial charge in [0.1, 0.15) is 0 Å². The van der Waals surface area contributed by atoms with Gasteiger partial charge in [-0.15, -0.1) is 0 Å². The van der Waals surface area contributed by atoms with Gasteiger partial charge in [0.15, 0.2) is 0 Å². The molecular weight excluding hydrogens is 242 g/mol. The number of nitrogens with zero attached hydrogens (tertiary/aromatic N) is 1. The number of aromatic nitrogens is 1. The van der Waals surface area contributed by atoms with Crippen molar-refractivity contribution in [2.24, 2.45) is 0 Å². The van der Waals surface area contributed by atoms with Crippen LogP contribution in [0.3, 0.4) is 0 Å². The highest BCUT2D eigenvalue weighted by molar-refractivity contribution is 5.87. The predicted molar refractivity (Wildman–Crippen MR) is 88.2 cm³/mol. The van der Waals surface area contributed by atoms with Gasteiger partial charge in [0.05, 0.1) is 0 Å². The number of unbranched alkanes of at least 4 members (excludes halogenated alkanes) is 4. The molecule has 0 amide bonds. The van der Waals surface area contributed by atoms with E-state index in [1.54, 1.807) is 0 Å². The largest absolute Gasteiger partial charge is 0.260 e. The quantitative estimate of drug-likeness (QED) is 0.560. The second-order valence-electron chi connectivity index (χ2n) is 5.69. The second-order valence-corrected chi connectivity index (χ2v) is 5.69. The Hall–Kier alpha value is -1.37. The third kappa shape index (κ3) is 3.82. The molecule has 1 heterocycles. The molecule has 0 aliphatic rings. The lowest BCUT2D eigenvalue weighted by Crippen LogP contribution is -1.97. The number of aryl methyl sites for hydroxylation is 2. The highest BCUT2D eigenvalue weighted by Crippen LogP contribution is 2.23. The fourth-order valence-corrected chi connectivity index (χ4v) is 2.82. The predicted octanol–water partition coefficient (Wildman–Crippen LogP) is 5.70. The standard InChI is InChI=1S/C19H27N/c1-3-5-7-11-16-15-20-19(14-8-6-4-2)18-13-10-9-12-17(16)18/h9-10,12-13,15H,3-8,11,14H2,1-2H3. The smallest absolute Gasteiger partial charge is 0.0482 e. The van der Waals surface area contributed by atoms with E-state index in [0.717, 1.165) is 12.8 Å². The minimum atomic E-state index is 1.11. The number of fused-ring (bicyclic) bond motifs is 1. The Bertz CT molecular complexity index is 482. The normalized spacial score (nSPS) is 11.1. The summed E-state index contributed by atoms with van der Waals surface area (Å²) in [4.78, 5) is 4.76. The van der Waals surface area contributed by atoms with Gasteiger partial charge >= 0.3 is 0 Å². The van der Waals surface area contributed by atoms with Crippen molar-refractivity contribution in [2.45, 2.75) is 65.2 Å². The summed E-state index contributed by atoms with van der Waals surface area (Å²) in [5, 5.41) is 2.79. The Labute approximate surface area is 123 Å². The molecule has 0 saturated heterocycles. The Morgan fingerprint density at radius 3 is 2.15 bits per heavy atom. The van der Waals surface area contributed by atoms with Gasteiger partial charge < -0.3 is 0 Å². The second kappa shape index (κ2) is 8.04. The van der Waals surface area contributed by atoms with Gasteiger partial charge in [-0.3, -0.25) is 4.98 Å².